The number of nitrogens with one attached hydrogen (secondary N) is 1. The number of aromatic nitrogens is 1. The molecule has 2 heteroatoms. The second-order valence-corrected chi connectivity index (χ2v) is 3.89. The third kappa shape index (κ3) is 1.64. The van der Waals surface area contributed by atoms with Crippen LogP contribution in [0.4, 0.5) is 5.69 Å². The van der Waals surface area contributed by atoms with E-state index in [1.807, 2.05) is 13.1 Å². The van der Waals surface area contributed by atoms with Gasteiger partial charge in [0.2, 0.25) is 0 Å². The van der Waals surface area contributed by atoms with Gasteiger partial charge in [-0.1, -0.05) is 32.0 Å². The molecule has 84 valence electrons. The lowest BCUT2D eigenvalue weighted by Crippen LogP contribution is -2.03. The van der Waals surface area contributed by atoms with Crippen LogP contribution in [0.1, 0.15) is 25.1 Å². The zero-order chi connectivity index (χ0) is 11.5. The average molecular weight is 214 g/mol. The second-order valence-electron chi connectivity index (χ2n) is 3.89. The fourth-order valence-corrected chi connectivity index (χ4v) is 2.26. The smallest absolute Gasteiger partial charge is 0.0726 e. The minimum absolute atomic E-state index is 0.989. The van der Waals surface area contributed by atoms with E-state index in [1.165, 1.54) is 22.3 Å². The summed E-state index contributed by atoms with van der Waals surface area (Å²) in [6, 6.07) is 8.32. The summed E-state index contributed by atoms with van der Waals surface area (Å²) in [6.07, 6.45) is 2.01. The maximum atomic E-state index is 4.73. The highest BCUT2D eigenvalue weighted by Crippen LogP contribution is 2.28. The third-order valence-corrected chi connectivity index (χ3v) is 3.02. The van der Waals surface area contributed by atoms with E-state index in [2.05, 4.69) is 37.4 Å². The molecule has 0 saturated heterocycles. The fraction of sp³-hybridized carbons (Fsp3) is 0.357. The number of fused-ring (bicyclic) bond motifs is 1. The first-order valence-corrected chi connectivity index (χ1v) is 5.90. The van der Waals surface area contributed by atoms with E-state index in [0.29, 0.717) is 0 Å². The van der Waals surface area contributed by atoms with Crippen molar-refractivity contribution in [2.45, 2.75) is 26.7 Å². The molecule has 0 fully saturated rings. The van der Waals surface area contributed by atoms with E-state index in [9.17, 15) is 0 Å². The number of anilines is 1. The van der Waals surface area contributed by atoms with Gasteiger partial charge in [-0.05, 0) is 24.5 Å². The van der Waals surface area contributed by atoms with Crippen molar-refractivity contribution in [1.82, 2.24) is 4.98 Å². The van der Waals surface area contributed by atoms with Gasteiger partial charge in [-0.3, -0.25) is 4.98 Å². The number of aryl methyl sites for hydroxylation is 1. The van der Waals surface area contributed by atoms with Crippen LogP contribution >= 0.6 is 0 Å². The second kappa shape index (κ2) is 4.52. The summed E-state index contributed by atoms with van der Waals surface area (Å²) < 4.78 is 0. The van der Waals surface area contributed by atoms with E-state index in [1.54, 1.807) is 0 Å². The average Bonchev–Trinajstić information content (AvgIpc) is 2.36. The van der Waals surface area contributed by atoms with Gasteiger partial charge in [0.05, 0.1) is 5.52 Å². The van der Waals surface area contributed by atoms with Gasteiger partial charge in [-0.15, -0.1) is 0 Å². The Morgan fingerprint density at radius 1 is 1.12 bits per heavy atom. The van der Waals surface area contributed by atoms with E-state index in [4.69, 9.17) is 4.98 Å². The van der Waals surface area contributed by atoms with Gasteiger partial charge in [0.1, 0.15) is 0 Å². The molecule has 0 radical (unpaired) electrons. The van der Waals surface area contributed by atoms with Crippen LogP contribution in [0.15, 0.2) is 24.3 Å². The lowest BCUT2D eigenvalue weighted by Gasteiger charge is -2.14. The minimum atomic E-state index is 0.989. The number of nitrogens with zero attached hydrogens (tertiary/aromatic N) is 1. The summed E-state index contributed by atoms with van der Waals surface area (Å²) in [5.41, 5.74) is 4.89. The van der Waals surface area contributed by atoms with Crippen molar-refractivity contribution < 1.29 is 0 Å². The summed E-state index contributed by atoms with van der Waals surface area (Å²) in [6.45, 7) is 4.35. The van der Waals surface area contributed by atoms with Gasteiger partial charge < -0.3 is 5.32 Å². The maximum absolute atomic E-state index is 4.73. The fourth-order valence-electron chi connectivity index (χ4n) is 2.26. The first kappa shape index (κ1) is 10.9. The molecule has 1 aromatic heterocycles. The Labute approximate surface area is 96.7 Å². The first-order valence-electron chi connectivity index (χ1n) is 5.90. The van der Waals surface area contributed by atoms with E-state index < -0.39 is 0 Å². The van der Waals surface area contributed by atoms with Crippen LogP contribution in [-0.2, 0) is 12.8 Å². The number of rotatable bonds is 3. The Bertz CT molecular complexity index is 503. The predicted molar refractivity (Wildman–Crippen MR) is 70.0 cm³/mol. The van der Waals surface area contributed by atoms with Gasteiger partial charge in [0.25, 0.3) is 0 Å². The van der Waals surface area contributed by atoms with Crippen LogP contribution in [-0.4, -0.2) is 12.0 Å². The van der Waals surface area contributed by atoms with Crippen LogP contribution in [0.3, 0.4) is 0 Å². The van der Waals surface area contributed by atoms with Crippen LogP contribution in [0.25, 0.3) is 10.9 Å². The number of pyridine rings is 1. The molecular weight excluding hydrogens is 196 g/mol. The van der Waals surface area contributed by atoms with Crippen molar-refractivity contribution in [3.63, 3.8) is 0 Å². The van der Waals surface area contributed by atoms with E-state index >= 15 is 0 Å². The number of para-hydroxylation sites is 1. The lowest BCUT2D eigenvalue weighted by molar-refractivity contribution is 0.982. The third-order valence-electron chi connectivity index (χ3n) is 3.02. The Morgan fingerprint density at radius 3 is 2.50 bits per heavy atom. The van der Waals surface area contributed by atoms with Crippen LogP contribution < -0.4 is 5.32 Å². The van der Waals surface area contributed by atoms with Crippen LogP contribution in [0, 0.1) is 0 Å². The molecule has 1 heterocycles. The molecule has 0 aliphatic carbocycles. The molecule has 0 unspecified atom stereocenters. The summed E-state index contributed by atoms with van der Waals surface area (Å²) in [5.74, 6) is 0. The Balaban J connectivity index is 2.82. The largest absolute Gasteiger partial charge is 0.387 e. The molecule has 0 aliphatic rings. The molecule has 0 amide bonds. The van der Waals surface area contributed by atoms with E-state index in [-0.39, 0.29) is 0 Å². The van der Waals surface area contributed by atoms with Crippen molar-refractivity contribution in [3.8, 4) is 0 Å². The Hall–Kier alpha value is -1.57. The number of hydrogen-bond acceptors (Lipinski definition) is 2. The molecule has 1 N–H and O–H groups in total. The van der Waals surface area contributed by atoms with Crippen molar-refractivity contribution in [2.75, 3.05) is 12.4 Å². The molecule has 1 aromatic carbocycles. The molecule has 0 spiro atoms. The summed E-state index contributed by atoms with van der Waals surface area (Å²) >= 11 is 0. The van der Waals surface area contributed by atoms with Gasteiger partial charge in [-0.2, -0.15) is 0 Å². The first-order chi connectivity index (χ1) is 7.81. The highest BCUT2D eigenvalue weighted by molar-refractivity contribution is 5.93. The molecule has 2 rings (SSSR count). The van der Waals surface area contributed by atoms with Crippen molar-refractivity contribution in [1.29, 1.82) is 0 Å². The Morgan fingerprint density at radius 2 is 1.88 bits per heavy atom. The minimum Gasteiger partial charge on any atom is -0.387 e. The quantitative estimate of drug-likeness (QED) is 0.847. The zero-order valence-corrected chi connectivity index (χ0v) is 10.2. The van der Waals surface area contributed by atoms with Gasteiger partial charge >= 0.3 is 0 Å². The monoisotopic (exact) mass is 214 g/mol. The molecule has 0 saturated carbocycles. The molecule has 0 aliphatic heterocycles. The maximum Gasteiger partial charge on any atom is 0.0726 e. The van der Waals surface area contributed by atoms with E-state index in [0.717, 1.165) is 18.4 Å². The Kier molecular flexibility index (Phi) is 3.09. The normalized spacial score (nSPS) is 10.7. The van der Waals surface area contributed by atoms with Crippen molar-refractivity contribution in [3.05, 3.63) is 35.5 Å². The van der Waals surface area contributed by atoms with Gasteiger partial charge in [-0.25, -0.2) is 0 Å². The summed E-state index contributed by atoms with van der Waals surface area (Å²) in [7, 11) is 1.99. The lowest BCUT2D eigenvalue weighted by atomic mass is 10.0. The topological polar surface area (TPSA) is 24.9 Å². The van der Waals surface area contributed by atoms with Crippen molar-refractivity contribution in [2.24, 2.45) is 0 Å². The molecule has 2 aromatic rings. The van der Waals surface area contributed by atoms with Gasteiger partial charge in [0.15, 0.2) is 0 Å². The number of hydrogen-bond donors (Lipinski definition) is 1. The standard InChI is InChI=1S/C14H18N2/c1-4-10-12(5-2)16-13-9-7-6-8-11(13)14(10)15-3/h6-9H,4-5H2,1-3H3,(H,15,16). The highest BCUT2D eigenvalue weighted by atomic mass is 14.8. The summed E-state index contributed by atoms with van der Waals surface area (Å²) in [5, 5.41) is 4.55. The molecule has 0 bridgehead atoms. The van der Waals surface area contributed by atoms with Gasteiger partial charge in [0, 0.05) is 23.8 Å². The molecular formula is C14H18N2. The van der Waals surface area contributed by atoms with Crippen LogP contribution in [0.2, 0.25) is 0 Å². The SMILES string of the molecule is CCc1nc2ccccc2c(NC)c1CC. The number of benzene rings is 1. The summed E-state index contributed by atoms with van der Waals surface area (Å²) in [4.78, 5) is 4.73. The molecule has 16 heavy (non-hydrogen) atoms. The highest BCUT2D eigenvalue weighted by Gasteiger charge is 2.10. The predicted octanol–water partition coefficient (Wildman–Crippen LogP) is 3.40. The molecule has 2 nitrogen and oxygen atoms in total. The zero-order valence-electron chi connectivity index (χ0n) is 10.2. The van der Waals surface area contributed by atoms with Crippen LogP contribution in [0.5, 0.6) is 0 Å². The molecule has 0 atom stereocenters. The van der Waals surface area contributed by atoms with Crippen molar-refractivity contribution >= 4 is 16.6 Å².